The molecule has 0 radical (unpaired) electrons. The topological polar surface area (TPSA) is 73.3 Å². The first-order valence-corrected chi connectivity index (χ1v) is 6.46. The zero-order chi connectivity index (χ0) is 13.1. The van der Waals surface area contributed by atoms with E-state index in [0.717, 1.165) is 37.2 Å². The quantitative estimate of drug-likeness (QED) is 0.560. The number of nitrogens with one attached hydrogen (secondary N) is 1. The molecule has 98 valence electrons. The number of rotatable bonds is 3. The van der Waals surface area contributed by atoms with Crippen LogP contribution in [0.2, 0.25) is 0 Å². The van der Waals surface area contributed by atoms with Gasteiger partial charge in [-0.05, 0) is 37.8 Å². The Labute approximate surface area is 108 Å². The molecule has 1 heterocycles. The standard InChI is InChI=1S/C14H21N3O/c1-10(18)11-6-8-17(9-7-11)13-5-3-2-4-12(13)14(15)16/h2-5,10-11,18H,6-9H2,1H3,(H3,15,16). The zero-order valence-electron chi connectivity index (χ0n) is 10.8. The van der Waals surface area contributed by atoms with E-state index in [4.69, 9.17) is 11.1 Å². The summed E-state index contributed by atoms with van der Waals surface area (Å²) in [6, 6.07) is 7.78. The molecule has 1 atom stereocenters. The molecule has 1 unspecified atom stereocenters. The van der Waals surface area contributed by atoms with Gasteiger partial charge in [0.05, 0.1) is 6.10 Å². The SMILES string of the molecule is CC(O)C1CCN(c2ccccc2C(=N)N)CC1. The Kier molecular flexibility index (Phi) is 3.87. The summed E-state index contributed by atoms with van der Waals surface area (Å²) >= 11 is 0. The van der Waals surface area contributed by atoms with Crippen LogP contribution >= 0.6 is 0 Å². The van der Waals surface area contributed by atoms with Gasteiger partial charge in [-0.25, -0.2) is 0 Å². The van der Waals surface area contributed by atoms with E-state index in [1.807, 2.05) is 31.2 Å². The van der Waals surface area contributed by atoms with Gasteiger partial charge in [0.15, 0.2) is 0 Å². The van der Waals surface area contributed by atoms with Crippen molar-refractivity contribution in [1.82, 2.24) is 0 Å². The highest BCUT2D eigenvalue weighted by molar-refractivity contribution is 6.00. The van der Waals surface area contributed by atoms with Crippen LogP contribution in [0.5, 0.6) is 0 Å². The molecule has 0 bridgehead atoms. The minimum atomic E-state index is -0.227. The van der Waals surface area contributed by atoms with Gasteiger partial charge in [0.25, 0.3) is 0 Å². The van der Waals surface area contributed by atoms with Crippen molar-refractivity contribution in [2.24, 2.45) is 11.7 Å². The van der Waals surface area contributed by atoms with Crippen LogP contribution in [0.1, 0.15) is 25.3 Å². The first-order valence-electron chi connectivity index (χ1n) is 6.46. The summed E-state index contributed by atoms with van der Waals surface area (Å²) in [5, 5.41) is 17.2. The molecule has 1 aliphatic rings. The predicted octanol–water partition coefficient (Wildman–Crippen LogP) is 1.57. The van der Waals surface area contributed by atoms with Crippen molar-refractivity contribution in [3.8, 4) is 0 Å². The van der Waals surface area contributed by atoms with Crippen LogP contribution in [0, 0.1) is 11.3 Å². The maximum absolute atomic E-state index is 9.60. The maximum atomic E-state index is 9.60. The maximum Gasteiger partial charge on any atom is 0.124 e. The van der Waals surface area contributed by atoms with Gasteiger partial charge >= 0.3 is 0 Å². The summed E-state index contributed by atoms with van der Waals surface area (Å²) in [6.07, 6.45) is 1.75. The number of nitrogen functional groups attached to an aromatic ring is 1. The fourth-order valence-electron chi connectivity index (χ4n) is 2.60. The van der Waals surface area contributed by atoms with Crippen LogP contribution in [-0.2, 0) is 0 Å². The van der Waals surface area contributed by atoms with Crippen LogP contribution in [0.3, 0.4) is 0 Å². The molecule has 1 aromatic carbocycles. The Balaban J connectivity index is 2.12. The highest BCUT2D eigenvalue weighted by atomic mass is 16.3. The summed E-state index contributed by atoms with van der Waals surface area (Å²) in [5.74, 6) is 0.508. The lowest BCUT2D eigenvalue weighted by atomic mass is 9.91. The molecule has 0 aliphatic carbocycles. The highest BCUT2D eigenvalue weighted by Gasteiger charge is 2.24. The van der Waals surface area contributed by atoms with Gasteiger partial charge in [0.2, 0.25) is 0 Å². The van der Waals surface area contributed by atoms with Crippen LogP contribution in [0.4, 0.5) is 5.69 Å². The van der Waals surface area contributed by atoms with Crippen molar-refractivity contribution in [1.29, 1.82) is 5.41 Å². The van der Waals surface area contributed by atoms with Gasteiger partial charge in [-0.3, -0.25) is 5.41 Å². The van der Waals surface area contributed by atoms with Crippen LogP contribution < -0.4 is 10.6 Å². The summed E-state index contributed by atoms with van der Waals surface area (Å²) in [5.41, 5.74) is 7.45. The lowest BCUT2D eigenvalue weighted by molar-refractivity contribution is 0.110. The van der Waals surface area contributed by atoms with Crippen molar-refractivity contribution >= 4 is 11.5 Å². The molecule has 0 amide bonds. The van der Waals surface area contributed by atoms with Crippen molar-refractivity contribution < 1.29 is 5.11 Å². The number of nitrogens with zero attached hydrogens (tertiary/aromatic N) is 1. The second-order valence-corrected chi connectivity index (χ2v) is 5.00. The number of para-hydroxylation sites is 1. The molecule has 1 aromatic rings. The van der Waals surface area contributed by atoms with E-state index < -0.39 is 0 Å². The van der Waals surface area contributed by atoms with Gasteiger partial charge in [0, 0.05) is 24.3 Å². The molecular formula is C14H21N3O. The number of hydrogen-bond donors (Lipinski definition) is 3. The van der Waals surface area contributed by atoms with Crippen molar-refractivity contribution in [3.05, 3.63) is 29.8 Å². The third kappa shape index (κ3) is 2.64. The van der Waals surface area contributed by atoms with E-state index in [0.29, 0.717) is 5.92 Å². The van der Waals surface area contributed by atoms with Crippen LogP contribution in [0.15, 0.2) is 24.3 Å². The summed E-state index contributed by atoms with van der Waals surface area (Å²) in [7, 11) is 0. The minimum absolute atomic E-state index is 0.114. The molecular weight excluding hydrogens is 226 g/mol. The van der Waals surface area contributed by atoms with Crippen molar-refractivity contribution in [2.45, 2.75) is 25.9 Å². The van der Waals surface area contributed by atoms with E-state index in [1.54, 1.807) is 0 Å². The van der Waals surface area contributed by atoms with Crippen LogP contribution in [-0.4, -0.2) is 30.1 Å². The van der Waals surface area contributed by atoms with Crippen LogP contribution in [0.25, 0.3) is 0 Å². The second kappa shape index (κ2) is 5.40. The summed E-state index contributed by atoms with van der Waals surface area (Å²) in [4.78, 5) is 2.26. The average molecular weight is 247 g/mol. The first-order chi connectivity index (χ1) is 8.59. The predicted molar refractivity (Wildman–Crippen MR) is 74.1 cm³/mol. The summed E-state index contributed by atoms with van der Waals surface area (Å²) < 4.78 is 0. The fourth-order valence-corrected chi connectivity index (χ4v) is 2.60. The van der Waals surface area contributed by atoms with Gasteiger partial charge in [-0.15, -0.1) is 0 Å². The van der Waals surface area contributed by atoms with Crippen molar-refractivity contribution in [3.63, 3.8) is 0 Å². The lowest BCUT2D eigenvalue weighted by Gasteiger charge is -2.35. The Hall–Kier alpha value is -1.55. The van der Waals surface area contributed by atoms with E-state index in [1.165, 1.54) is 0 Å². The number of piperidine rings is 1. The zero-order valence-corrected chi connectivity index (χ0v) is 10.8. The molecule has 0 aromatic heterocycles. The largest absolute Gasteiger partial charge is 0.393 e. The number of nitrogens with two attached hydrogens (primary N) is 1. The van der Waals surface area contributed by atoms with E-state index in [9.17, 15) is 5.11 Å². The summed E-state index contributed by atoms with van der Waals surface area (Å²) in [6.45, 7) is 3.70. The molecule has 1 saturated heterocycles. The molecule has 0 saturated carbocycles. The van der Waals surface area contributed by atoms with Gasteiger partial charge in [0.1, 0.15) is 5.84 Å². The number of amidine groups is 1. The first kappa shape index (κ1) is 12.9. The Morgan fingerprint density at radius 3 is 2.56 bits per heavy atom. The number of anilines is 1. The Morgan fingerprint density at radius 1 is 1.39 bits per heavy atom. The molecule has 2 rings (SSSR count). The normalized spacial score (nSPS) is 18.7. The Morgan fingerprint density at radius 2 is 2.00 bits per heavy atom. The molecule has 0 spiro atoms. The molecule has 4 heteroatoms. The number of aliphatic hydroxyl groups is 1. The highest BCUT2D eigenvalue weighted by Crippen LogP contribution is 2.27. The molecule has 4 nitrogen and oxygen atoms in total. The number of benzene rings is 1. The lowest BCUT2D eigenvalue weighted by Crippen LogP contribution is -2.38. The Bertz CT molecular complexity index is 423. The third-order valence-corrected chi connectivity index (χ3v) is 3.76. The second-order valence-electron chi connectivity index (χ2n) is 5.00. The number of hydrogen-bond acceptors (Lipinski definition) is 3. The molecule has 4 N–H and O–H groups in total. The van der Waals surface area contributed by atoms with Crippen molar-refractivity contribution in [2.75, 3.05) is 18.0 Å². The molecule has 1 aliphatic heterocycles. The van der Waals surface area contributed by atoms with E-state index in [2.05, 4.69) is 4.90 Å². The van der Waals surface area contributed by atoms with Gasteiger partial charge in [-0.1, -0.05) is 12.1 Å². The number of aliphatic hydroxyl groups excluding tert-OH is 1. The van der Waals surface area contributed by atoms with E-state index >= 15 is 0 Å². The third-order valence-electron chi connectivity index (χ3n) is 3.76. The fraction of sp³-hybridized carbons (Fsp3) is 0.500. The van der Waals surface area contributed by atoms with Gasteiger partial charge < -0.3 is 15.7 Å². The smallest absolute Gasteiger partial charge is 0.124 e. The van der Waals surface area contributed by atoms with E-state index in [-0.39, 0.29) is 11.9 Å². The average Bonchev–Trinajstić information content (AvgIpc) is 2.39. The van der Waals surface area contributed by atoms with Gasteiger partial charge in [-0.2, -0.15) is 0 Å². The minimum Gasteiger partial charge on any atom is -0.393 e. The molecule has 18 heavy (non-hydrogen) atoms. The monoisotopic (exact) mass is 247 g/mol. The molecule has 1 fully saturated rings.